The van der Waals surface area contributed by atoms with Gasteiger partial charge in [0.05, 0.1) is 11.9 Å². The maximum atomic E-state index is 12.8. The minimum atomic E-state index is -3.77. The van der Waals surface area contributed by atoms with Crippen LogP contribution in [0.25, 0.3) is 10.6 Å². The lowest BCUT2D eigenvalue weighted by atomic mass is 10.2. The van der Waals surface area contributed by atoms with Gasteiger partial charge in [0.1, 0.15) is 11.0 Å². The molecule has 1 unspecified atom stereocenters. The quantitative estimate of drug-likeness (QED) is 0.551. The number of aryl methyl sites for hydroxylation is 1. The molecule has 0 aliphatic rings. The van der Waals surface area contributed by atoms with Crippen molar-refractivity contribution in [3.8, 4) is 10.6 Å². The summed E-state index contributed by atoms with van der Waals surface area (Å²) in [7, 11) is -3.77. The Bertz CT molecular complexity index is 1180. The van der Waals surface area contributed by atoms with E-state index in [0.29, 0.717) is 26.3 Å². The van der Waals surface area contributed by atoms with E-state index in [4.69, 9.17) is 23.2 Å². The Morgan fingerprint density at radius 3 is 2.37 bits per heavy atom. The number of halogens is 2. The summed E-state index contributed by atoms with van der Waals surface area (Å²) in [5.41, 5.74) is 1.81. The van der Waals surface area contributed by atoms with E-state index in [1.54, 1.807) is 43.3 Å². The lowest BCUT2D eigenvalue weighted by Gasteiger charge is -2.29. The highest BCUT2D eigenvalue weighted by atomic mass is 35.5. The van der Waals surface area contributed by atoms with Crippen LogP contribution >= 0.6 is 34.5 Å². The van der Waals surface area contributed by atoms with E-state index in [1.165, 1.54) is 24.3 Å². The van der Waals surface area contributed by atoms with Gasteiger partial charge in [-0.2, -0.15) is 0 Å². The van der Waals surface area contributed by atoms with Gasteiger partial charge in [0.2, 0.25) is 21.1 Å². The Hall–Kier alpha value is -2.20. The Kier molecular flexibility index (Phi) is 6.66. The molecule has 1 atom stereocenters. The molecule has 1 aromatic heterocycles. The van der Waals surface area contributed by atoms with Gasteiger partial charge in [0.15, 0.2) is 0 Å². The van der Waals surface area contributed by atoms with Crippen molar-refractivity contribution in [3.05, 3.63) is 58.1 Å². The Morgan fingerprint density at radius 1 is 1.10 bits per heavy atom. The Morgan fingerprint density at radius 2 is 1.73 bits per heavy atom. The molecule has 0 saturated heterocycles. The van der Waals surface area contributed by atoms with E-state index in [1.807, 2.05) is 0 Å². The van der Waals surface area contributed by atoms with Crippen molar-refractivity contribution in [1.82, 2.24) is 10.2 Å². The number of sulfonamides is 1. The van der Waals surface area contributed by atoms with Crippen molar-refractivity contribution in [1.29, 1.82) is 0 Å². The van der Waals surface area contributed by atoms with Crippen molar-refractivity contribution < 1.29 is 13.2 Å². The summed E-state index contributed by atoms with van der Waals surface area (Å²) in [6.45, 7) is 3.25. The standard InChI is InChI=1S/C19H18Cl2N4O3S2/c1-11-4-7-15(21)10-16(11)25(30(3,27)28)12(2)17(26)22-19-24-23-18(29-19)13-5-8-14(20)9-6-13/h4-10,12H,1-3H3,(H,22,24,26). The number of amides is 1. The van der Waals surface area contributed by atoms with Crippen LogP contribution in [0.2, 0.25) is 10.0 Å². The van der Waals surface area contributed by atoms with E-state index in [2.05, 4.69) is 15.5 Å². The topological polar surface area (TPSA) is 92.3 Å². The second-order valence-corrected chi connectivity index (χ2v) is 10.3. The van der Waals surface area contributed by atoms with Crippen LogP contribution in [-0.2, 0) is 14.8 Å². The Labute approximate surface area is 188 Å². The molecule has 0 radical (unpaired) electrons. The predicted molar refractivity (Wildman–Crippen MR) is 122 cm³/mol. The van der Waals surface area contributed by atoms with Crippen molar-refractivity contribution in [2.75, 3.05) is 15.9 Å². The van der Waals surface area contributed by atoms with Gasteiger partial charge >= 0.3 is 0 Å². The fourth-order valence-electron chi connectivity index (χ4n) is 2.79. The van der Waals surface area contributed by atoms with Crippen LogP contribution in [-0.4, -0.2) is 36.8 Å². The largest absolute Gasteiger partial charge is 0.299 e. The van der Waals surface area contributed by atoms with E-state index in [9.17, 15) is 13.2 Å². The van der Waals surface area contributed by atoms with Crippen LogP contribution in [0.1, 0.15) is 12.5 Å². The number of carbonyl (C=O) groups is 1. The molecular weight excluding hydrogens is 467 g/mol. The first-order chi connectivity index (χ1) is 14.1. The molecule has 3 rings (SSSR count). The molecule has 0 saturated carbocycles. The van der Waals surface area contributed by atoms with Crippen LogP contribution in [0.15, 0.2) is 42.5 Å². The zero-order valence-corrected chi connectivity index (χ0v) is 19.4. The molecule has 0 spiro atoms. The molecule has 1 heterocycles. The molecule has 0 bridgehead atoms. The summed E-state index contributed by atoms with van der Waals surface area (Å²) in [5.74, 6) is -0.543. The van der Waals surface area contributed by atoms with Crippen molar-refractivity contribution in [3.63, 3.8) is 0 Å². The fraction of sp³-hybridized carbons (Fsp3) is 0.211. The second-order valence-electron chi connectivity index (χ2n) is 6.57. The molecular formula is C19H18Cl2N4O3S2. The molecule has 158 valence electrons. The highest BCUT2D eigenvalue weighted by Crippen LogP contribution is 2.30. The van der Waals surface area contributed by atoms with Crippen LogP contribution < -0.4 is 9.62 Å². The van der Waals surface area contributed by atoms with Gasteiger partial charge in [-0.3, -0.25) is 14.4 Å². The number of nitrogens with zero attached hydrogens (tertiary/aromatic N) is 3. The number of hydrogen-bond acceptors (Lipinski definition) is 6. The molecule has 2 aromatic carbocycles. The predicted octanol–water partition coefficient (Wildman–Crippen LogP) is 4.61. The van der Waals surface area contributed by atoms with Gasteiger partial charge in [-0.1, -0.05) is 52.7 Å². The van der Waals surface area contributed by atoms with E-state index in [-0.39, 0.29) is 5.13 Å². The molecule has 3 aromatic rings. The molecule has 1 N–H and O–H groups in total. The first-order valence-corrected chi connectivity index (χ1v) is 12.1. The number of hydrogen-bond donors (Lipinski definition) is 1. The minimum absolute atomic E-state index is 0.257. The minimum Gasteiger partial charge on any atom is -0.299 e. The van der Waals surface area contributed by atoms with Crippen LogP contribution in [0.4, 0.5) is 10.8 Å². The van der Waals surface area contributed by atoms with Crippen molar-refractivity contribution in [2.24, 2.45) is 0 Å². The van der Waals surface area contributed by atoms with Gasteiger partial charge < -0.3 is 0 Å². The average molecular weight is 485 g/mol. The first kappa shape index (κ1) is 22.5. The molecule has 7 nitrogen and oxygen atoms in total. The third kappa shape index (κ3) is 5.10. The lowest BCUT2D eigenvalue weighted by molar-refractivity contribution is -0.116. The van der Waals surface area contributed by atoms with E-state index >= 15 is 0 Å². The number of rotatable bonds is 6. The molecule has 30 heavy (non-hydrogen) atoms. The van der Waals surface area contributed by atoms with Gasteiger partial charge in [-0.25, -0.2) is 8.42 Å². The number of nitrogens with one attached hydrogen (secondary N) is 1. The third-order valence-electron chi connectivity index (χ3n) is 4.24. The highest BCUT2D eigenvalue weighted by Gasteiger charge is 2.31. The molecule has 1 amide bonds. The zero-order valence-electron chi connectivity index (χ0n) is 16.3. The van der Waals surface area contributed by atoms with Gasteiger partial charge in [-0.15, -0.1) is 10.2 Å². The smallest absolute Gasteiger partial charge is 0.249 e. The molecule has 0 aliphatic carbocycles. The number of benzene rings is 2. The van der Waals surface area contributed by atoms with Crippen molar-refractivity contribution >= 4 is 61.3 Å². The normalized spacial score (nSPS) is 12.4. The van der Waals surface area contributed by atoms with Crippen LogP contribution in [0.3, 0.4) is 0 Å². The van der Waals surface area contributed by atoms with E-state index in [0.717, 1.165) is 16.1 Å². The summed E-state index contributed by atoms with van der Waals surface area (Å²) in [4.78, 5) is 12.8. The monoisotopic (exact) mass is 484 g/mol. The summed E-state index contributed by atoms with van der Waals surface area (Å²) >= 11 is 13.1. The van der Waals surface area contributed by atoms with Crippen molar-refractivity contribution in [2.45, 2.75) is 19.9 Å². The number of anilines is 2. The summed E-state index contributed by atoms with van der Waals surface area (Å²) < 4.78 is 26.0. The molecule has 0 fully saturated rings. The summed E-state index contributed by atoms with van der Waals surface area (Å²) in [6.07, 6.45) is 1.04. The lowest BCUT2D eigenvalue weighted by Crippen LogP contribution is -2.45. The third-order valence-corrected chi connectivity index (χ3v) is 6.85. The SMILES string of the molecule is Cc1ccc(Cl)cc1N(C(C)C(=O)Nc1nnc(-c2ccc(Cl)cc2)s1)S(C)(=O)=O. The van der Waals surface area contributed by atoms with Crippen LogP contribution in [0.5, 0.6) is 0 Å². The summed E-state index contributed by atoms with van der Waals surface area (Å²) in [5, 5.41) is 12.5. The zero-order chi connectivity index (χ0) is 22.1. The maximum Gasteiger partial charge on any atom is 0.249 e. The highest BCUT2D eigenvalue weighted by molar-refractivity contribution is 7.92. The molecule has 11 heteroatoms. The maximum absolute atomic E-state index is 12.8. The average Bonchev–Trinajstić information content (AvgIpc) is 3.12. The van der Waals surface area contributed by atoms with E-state index < -0.39 is 22.0 Å². The second kappa shape index (κ2) is 8.89. The van der Waals surface area contributed by atoms with Gasteiger partial charge in [0.25, 0.3) is 0 Å². The van der Waals surface area contributed by atoms with Gasteiger partial charge in [0, 0.05) is 15.6 Å². The first-order valence-electron chi connectivity index (χ1n) is 8.72. The molecule has 0 aliphatic heterocycles. The fourth-order valence-corrected chi connectivity index (χ4v) is 5.06. The van der Waals surface area contributed by atoms with Gasteiger partial charge in [-0.05, 0) is 43.7 Å². The number of carbonyl (C=O) groups excluding carboxylic acids is 1. The van der Waals surface area contributed by atoms with Crippen LogP contribution in [0, 0.1) is 6.92 Å². The Balaban J connectivity index is 1.84. The summed E-state index contributed by atoms with van der Waals surface area (Å²) in [6, 6.07) is 10.9. The number of aromatic nitrogens is 2.